The number of rotatable bonds is 9. The zero-order valence-corrected chi connectivity index (χ0v) is 23.5. The van der Waals surface area contributed by atoms with E-state index in [2.05, 4.69) is 15.5 Å². The minimum atomic E-state index is -1.37. The molecule has 208 valence electrons. The van der Waals surface area contributed by atoms with Gasteiger partial charge >= 0.3 is 5.97 Å². The highest BCUT2D eigenvalue weighted by Gasteiger charge is 2.53. The number of carbonyl (C=O) groups is 4. The van der Waals surface area contributed by atoms with Gasteiger partial charge < -0.3 is 25.6 Å². The Hall–Kier alpha value is -3.95. The first-order chi connectivity index (χ1) is 19.1. The molecule has 0 bridgehead atoms. The number of allylic oxidation sites excluding steroid dienone is 1. The molecule has 1 saturated heterocycles. The normalized spacial score (nSPS) is 19.7. The zero-order valence-electron chi connectivity index (χ0n) is 21.1. The van der Waals surface area contributed by atoms with E-state index >= 15 is 0 Å². The van der Waals surface area contributed by atoms with Gasteiger partial charge in [0, 0.05) is 36.7 Å². The van der Waals surface area contributed by atoms with Gasteiger partial charge in [0.05, 0.1) is 5.70 Å². The van der Waals surface area contributed by atoms with Crippen LogP contribution in [0, 0.1) is 0 Å². The maximum Gasteiger partial charge on any atom is 0.347 e. The van der Waals surface area contributed by atoms with Crippen LogP contribution in [-0.2, 0) is 37.6 Å². The smallest absolute Gasteiger partial charge is 0.347 e. The highest BCUT2D eigenvalue weighted by molar-refractivity contribution is 8.00. The summed E-state index contributed by atoms with van der Waals surface area (Å²) in [5, 5.41) is 14.9. The molecule has 5 rings (SSSR count). The average molecular weight is 605 g/mol. The molecule has 3 aromatic rings. The Morgan fingerprint density at radius 1 is 1.45 bits per heavy atom. The number of hydrogen-bond donors (Lipinski definition) is 3. The number of nitrogens with one attached hydrogen (secondary N) is 1. The van der Waals surface area contributed by atoms with Crippen molar-refractivity contribution in [1.29, 1.82) is 0 Å². The lowest BCUT2D eigenvalue weighted by molar-refractivity contribution is -0.663. The molecule has 2 unspecified atom stereocenters. The quantitative estimate of drug-likeness (QED) is 0.105. The molecular weight excluding hydrogens is 582 g/mol. The fourth-order valence-corrected chi connectivity index (χ4v) is 6.68. The van der Waals surface area contributed by atoms with E-state index in [4.69, 9.17) is 27.3 Å². The fraction of sp³-hybridized carbons (Fsp3) is 0.292. The first kappa shape index (κ1) is 27.6. The number of carbonyl (C=O) groups excluding carboxylic acids is 3. The summed E-state index contributed by atoms with van der Waals surface area (Å²) >= 11 is 8.46. The number of oxime groups is 1. The van der Waals surface area contributed by atoms with Gasteiger partial charge in [0.2, 0.25) is 11.6 Å². The van der Waals surface area contributed by atoms with Crippen molar-refractivity contribution in [1.82, 2.24) is 19.8 Å². The van der Waals surface area contributed by atoms with Gasteiger partial charge in [-0.15, -0.1) is 11.8 Å². The number of thiazole rings is 1. The number of aliphatic carboxylic acids is 1. The van der Waals surface area contributed by atoms with Gasteiger partial charge in [-0.25, -0.2) is 9.78 Å². The number of nitrogens with zero attached hydrogens (tertiary/aromatic N) is 5. The third-order valence-corrected chi connectivity index (χ3v) is 8.90. The van der Waals surface area contributed by atoms with E-state index in [9.17, 15) is 19.2 Å². The van der Waals surface area contributed by atoms with Crippen LogP contribution in [0.3, 0.4) is 0 Å². The Labute approximate surface area is 240 Å². The molecule has 2 amide bonds. The Kier molecular flexibility index (Phi) is 7.53. The van der Waals surface area contributed by atoms with Gasteiger partial charge in [0.1, 0.15) is 27.0 Å². The largest absolute Gasteiger partial charge is 0.478 e. The zero-order chi connectivity index (χ0) is 28.7. The summed E-state index contributed by atoms with van der Waals surface area (Å²) in [6.07, 6.45) is 3.16. The van der Waals surface area contributed by atoms with Crippen LogP contribution in [0.4, 0.5) is 5.13 Å². The number of anilines is 1. The maximum atomic E-state index is 13.2. The summed E-state index contributed by atoms with van der Waals surface area (Å²) in [6, 6.07) is 4.93. The van der Waals surface area contributed by atoms with E-state index in [0.29, 0.717) is 18.6 Å². The van der Waals surface area contributed by atoms with Gasteiger partial charge in [-0.1, -0.05) is 28.1 Å². The van der Waals surface area contributed by atoms with Crippen molar-refractivity contribution in [3.63, 3.8) is 0 Å². The molecule has 0 aliphatic carbocycles. The first-order valence-corrected chi connectivity index (χ1v) is 14.1. The summed E-state index contributed by atoms with van der Waals surface area (Å²) in [6.45, 7) is 1.64. The number of carboxylic acids is 1. The fourth-order valence-electron chi connectivity index (χ4n) is 4.40. The molecule has 0 radical (unpaired) electrons. The summed E-state index contributed by atoms with van der Waals surface area (Å²) in [4.78, 5) is 60.0. The number of aldehydes is 1. The number of carboxylic acid groups (broad SMARTS) is 1. The van der Waals surface area contributed by atoms with E-state index < -0.39 is 41.0 Å². The van der Waals surface area contributed by atoms with E-state index in [1.165, 1.54) is 23.6 Å². The number of nitrogens with two attached hydrogens (primary N) is 1. The molecule has 5 heterocycles. The van der Waals surface area contributed by atoms with Crippen LogP contribution >= 0.6 is 34.7 Å². The highest BCUT2D eigenvalue weighted by Crippen LogP contribution is 2.40. The lowest BCUT2D eigenvalue weighted by Crippen LogP contribution is -2.70. The second-order valence-electron chi connectivity index (χ2n) is 9.00. The van der Waals surface area contributed by atoms with Gasteiger partial charge in [-0.05, 0) is 13.0 Å². The SMILES string of the molecule is C[C@H](O/N=C(\C(=O)NC1C(=O)N2C(C=O)=C(C[n+]3cccc4c3ccn4C)CSC12)c1nc(N)sc1Cl)C(=O)O. The van der Waals surface area contributed by atoms with Crippen LogP contribution in [-0.4, -0.2) is 72.6 Å². The van der Waals surface area contributed by atoms with Gasteiger partial charge in [0.15, 0.2) is 29.9 Å². The Morgan fingerprint density at radius 2 is 2.23 bits per heavy atom. The molecule has 16 heteroatoms. The van der Waals surface area contributed by atoms with Gasteiger partial charge in [-0.2, -0.15) is 4.57 Å². The average Bonchev–Trinajstić information content (AvgIpc) is 3.47. The Morgan fingerprint density at radius 3 is 2.90 bits per heavy atom. The van der Waals surface area contributed by atoms with Gasteiger partial charge in [-0.3, -0.25) is 19.3 Å². The number of nitrogen functional groups attached to an aromatic ring is 1. The number of pyridine rings is 1. The van der Waals surface area contributed by atoms with Crippen molar-refractivity contribution in [3.05, 3.63) is 51.9 Å². The number of halogens is 1. The van der Waals surface area contributed by atoms with Crippen molar-refractivity contribution in [3.8, 4) is 0 Å². The number of aryl methyl sites for hydroxylation is 1. The monoisotopic (exact) mass is 604 g/mol. The molecule has 40 heavy (non-hydrogen) atoms. The van der Waals surface area contributed by atoms with Gasteiger partial charge in [0.25, 0.3) is 11.8 Å². The summed E-state index contributed by atoms with van der Waals surface area (Å²) in [5.41, 5.74) is 8.21. The second kappa shape index (κ2) is 10.9. The summed E-state index contributed by atoms with van der Waals surface area (Å²) < 4.78 is 4.05. The number of fused-ring (bicyclic) bond motifs is 2. The third kappa shape index (κ3) is 4.91. The third-order valence-electron chi connectivity index (χ3n) is 6.47. The van der Waals surface area contributed by atoms with Crippen molar-refractivity contribution in [2.24, 2.45) is 12.2 Å². The number of aromatic nitrogens is 3. The molecule has 4 N–H and O–H groups in total. The van der Waals surface area contributed by atoms with Crippen LogP contribution < -0.4 is 15.6 Å². The number of amides is 2. The molecule has 13 nitrogen and oxygen atoms in total. The first-order valence-electron chi connectivity index (χ1n) is 11.9. The van der Waals surface area contributed by atoms with E-state index in [1.807, 2.05) is 46.8 Å². The minimum Gasteiger partial charge on any atom is -0.478 e. The molecule has 1 fully saturated rings. The van der Waals surface area contributed by atoms with Crippen LogP contribution in [0.25, 0.3) is 11.0 Å². The van der Waals surface area contributed by atoms with Crippen LogP contribution in [0.1, 0.15) is 12.6 Å². The number of hydrogen-bond acceptors (Lipinski definition) is 10. The van der Waals surface area contributed by atoms with Crippen molar-refractivity contribution in [2.45, 2.75) is 31.0 Å². The Bertz CT molecular complexity index is 1620. The molecule has 0 spiro atoms. The lowest BCUT2D eigenvalue weighted by atomic mass is 10.0. The molecule has 2 aliphatic rings. The van der Waals surface area contributed by atoms with Crippen molar-refractivity contribution < 1.29 is 33.7 Å². The molecule has 0 aromatic carbocycles. The maximum absolute atomic E-state index is 13.2. The second-order valence-corrected chi connectivity index (χ2v) is 11.7. The van der Waals surface area contributed by atoms with Crippen LogP contribution in [0.2, 0.25) is 4.34 Å². The number of thioether (sulfide) groups is 1. The van der Waals surface area contributed by atoms with E-state index in [-0.39, 0.29) is 20.9 Å². The van der Waals surface area contributed by atoms with Crippen molar-refractivity contribution in [2.75, 3.05) is 11.5 Å². The minimum absolute atomic E-state index is 0.0355. The summed E-state index contributed by atoms with van der Waals surface area (Å²) in [7, 11) is 1.95. The lowest BCUT2D eigenvalue weighted by Gasteiger charge is -2.49. The summed E-state index contributed by atoms with van der Waals surface area (Å²) in [5.74, 6) is -2.19. The topological polar surface area (TPSA) is 173 Å². The van der Waals surface area contributed by atoms with Crippen LogP contribution in [0.5, 0.6) is 0 Å². The predicted molar refractivity (Wildman–Crippen MR) is 147 cm³/mol. The van der Waals surface area contributed by atoms with Crippen LogP contribution in [0.15, 0.2) is 47.0 Å². The Balaban J connectivity index is 1.36. The van der Waals surface area contributed by atoms with Crippen molar-refractivity contribution >= 4 is 80.6 Å². The molecule has 2 aliphatic heterocycles. The molecule has 0 saturated carbocycles. The number of β-lactam (4-membered cyclic amide) rings is 1. The molecule has 3 aromatic heterocycles. The highest BCUT2D eigenvalue weighted by atomic mass is 35.5. The van der Waals surface area contributed by atoms with E-state index in [0.717, 1.165) is 27.9 Å². The molecular formula is C24H23ClN7O6S2+. The standard InChI is InChI=1S/C24H22ClN7O6S2/c1-11(23(36)37)38-29-17(16-19(25)40-24(26)28-16)20(34)27-18-21(35)32-15(9-33)12(10-39-22(18)32)8-31-6-3-4-13-14(31)5-7-30(13)2/h3-7,9,11,18,22H,8,10H2,1-2H3,(H3-,26,27,28,34,36,37)/p+1/b29-17-/t11-,18?,22?/m0/s1. The molecule has 3 atom stereocenters. The predicted octanol–water partition coefficient (Wildman–Crippen LogP) is 0.905. The van der Waals surface area contributed by atoms with E-state index in [1.54, 1.807) is 0 Å².